The van der Waals surface area contributed by atoms with Crippen molar-refractivity contribution in [1.82, 2.24) is 9.97 Å². The van der Waals surface area contributed by atoms with Crippen molar-refractivity contribution in [3.8, 4) is 11.3 Å². The molecule has 0 saturated heterocycles. The molecular weight excluding hydrogens is 237 g/mol. The van der Waals surface area contributed by atoms with Gasteiger partial charge in [0.15, 0.2) is 4.77 Å². The van der Waals surface area contributed by atoms with Gasteiger partial charge in [-0.05, 0) is 18.3 Å². The Morgan fingerprint density at radius 2 is 1.81 bits per heavy atom. The summed E-state index contributed by atoms with van der Waals surface area (Å²) in [4.78, 5) is 5.30. The summed E-state index contributed by atoms with van der Waals surface area (Å²) in [5.41, 5.74) is -0.263. The van der Waals surface area contributed by atoms with Crippen LogP contribution in [0.4, 0.5) is 13.2 Å². The van der Waals surface area contributed by atoms with Gasteiger partial charge in [0.1, 0.15) is 0 Å². The SMILES string of the molecule is FC(F)(F)c1ccccc1-c1c[nH]c(=S)[nH]1. The highest BCUT2D eigenvalue weighted by Gasteiger charge is 2.33. The molecule has 2 rings (SSSR count). The summed E-state index contributed by atoms with van der Waals surface area (Å²) in [6.45, 7) is 0. The van der Waals surface area contributed by atoms with Gasteiger partial charge >= 0.3 is 6.18 Å². The zero-order valence-corrected chi connectivity index (χ0v) is 8.75. The van der Waals surface area contributed by atoms with Gasteiger partial charge < -0.3 is 9.97 Å². The van der Waals surface area contributed by atoms with E-state index in [2.05, 4.69) is 9.97 Å². The van der Waals surface area contributed by atoms with Gasteiger partial charge in [-0.25, -0.2) is 0 Å². The van der Waals surface area contributed by atoms with Crippen molar-refractivity contribution in [3.05, 3.63) is 40.8 Å². The van der Waals surface area contributed by atoms with Crippen LogP contribution in [-0.4, -0.2) is 9.97 Å². The average molecular weight is 244 g/mol. The van der Waals surface area contributed by atoms with E-state index in [1.165, 1.54) is 18.3 Å². The first-order chi connectivity index (χ1) is 7.48. The first kappa shape index (κ1) is 10.9. The van der Waals surface area contributed by atoms with E-state index in [1.54, 1.807) is 6.07 Å². The van der Waals surface area contributed by atoms with Crippen molar-refractivity contribution < 1.29 is 13.2 Å². The monoisotopic (exact) mass is 244 g/mol. The molecule has 0 unspecified atom stereocenters. The fourth-order valence-corrected chi connectivity index (χ4v) is 1.61. The van der Waals surface area contributed by atoms with Gasteiger partial charge in [0.05, 0.1) is 11.3 Å². The molecule has 0 aliphatic carbocycles. The maximum atomic E-state index is 12.7. The second-order valence-electron chi connectivity index (χ2n) is 3.20. The summed E-state index contributed by atoms with van der Waals surface area (Å²) >= 11 is 4.78. The molecule has 0 amide bonds. The number of nitrogens with one attached hydrogen (secondary N) is 2. The minimum Gasteiger partial charge on any atom is -0.337 e. The van der Waals surface area contributed by atoms with Crippen LogP contribution in [-0.2, 0) is 6.18 Å². The summed E-state index contributed by atoms with van der Waals surface area (Å²) < 4.78 is 38.4. The number of rotatable bonds is 1. The molecule has 2 nitrogen and oxygen atoms in total. The second kappa shape index (κ2) is 3.79. The molecule has 6 heteroatoms. The maximum Gasteiger partial charge on any atom is 0.417 e. The summed E-state index contributed by atoms with van der Waals surface area (Å²) in [5, 5.41) is 0. The van der Waals surface area contributed by atoms with Gasteiger partial charge in [0, 0.05) is 11.8 Å². The molecule has 0 aliphatic heterocycles. The lowest BCUT2D eigenvalue weighted by Crippen LogP contribution is -2.06. The fraction of sp³-hybridized carbons (Fsp3) is 0.100. The van der Waals surface area contributed by atoms with Gasteiger partial charge in [-0.3, -0.25) is 0 Å². The smallest absolute Gasteiger partial charge is 0.337 e. The molecule has 2 N–H and O–H groups in total. The molecule has 0 radical (unpaired) electrons. The third-order valence-corrected chi connectivity index (χ3v) is 2.34. The fourth-order valence-electron chi connectivity index (χ4n) is 1.44. The Balaban J connectivity index is 2.61. The minimum atomic E-state index is -4.37. The van der Waals surface area contributed by atoms with Gasteiger partial charge in [-0.1, -0.05) is 18.2 Å². The average Bonchev–Trinajstić information content (AvgIpc) is 2.64. The lowest BCUT2D eigenvalue weighted by atomic mass is 10.1. The van der Waals surface area contributed by atoms with Crippen molar-refractivity contribution in [1.29, 1.82) is 0 Å². The van der Waals surface area contributed by atoms with E-state index in [0.29, 0.717) is 10.5 Å². The molecule has 2 aromatic rings. The number of imidazole rings is 1. The van der Waals surface area contributed by atoms with Crippen LogP contribution in [0.1, 0.15) is 5.56 Å². The molecule has 16 heavy (non-hydrogen) atoms. The van der Waals surface area contributed by atoms with Crippen molar-refractivity contribution in [3.63, 3.8) is 0 Å². The Bertz CT molecular complexity index is 553. The van der Waals surface area contributed by atoms with E-state index in [0.717, 1.165) is 6.07 Å². The standard InChI is InChI=1S/C10H7F3N2S/c11-10(12,13)7-4-2-1-3-6(7)8-5-14-9(16)15-8/h1-5H,(H2,14,15,16). The third kappa shape index (κ3) is 2.01. The highest BCUT2D eigenvalue weighted by atomic mass is 32.1. The van der Waals surface area contributed by atoms with Crippen molar-refractivity contribution >= 4 is 12.2 Å². The zero-order chi connectivity index (χ0) is 11.8. The molecule has 1 aromatic heterocycles. The van der Waals surface area contributed by atoms with Crippen LogP contribution in [0.25, 0.3) is 11.3 Å². The number of H-pyrrole nitrogens is 2. The molecule has 1 aromatic carbocycles. The van der Waals surface area contributed by atoms with Gasteiger partial charge in [0.2, 0.25) is 0 Å². The van der Waals surface area contributed by atoms with Crippen LogP contribution >= 0.6 is 12.2 Å². The number of hydrogen-bond donors (Lipinski definition) is 2. The van der Waals surface area contributed by atoms with E-state index in [9.17, 15) is 13.2 Å². The predicted molar refractivity (Wildman–Crippen MR) is 56.4 cm³/mol. The number of benzene rings is 1. The molecule has 0 atom stereocenters. The number of halogens is 3. The molecule has 1 heterocycles. The summed E-state index contributed by atoms with van der Waals surface area (Å²) in [5.74, 6) is 0. The molecule has 84 valence electrons. The number of alkyl halides is 3. The Morgan fingerprint density at radius 1 is 1.12 bits per heavy atom. The van der Waals surface area contributed by atoms with E-state index in [4.69, 9.17) is 12.2 Å². The number of aromatic nitrogens is 2. The highest BCUT2D eigenvalue weighted by molar-refractivity contribution is 7.71. The molecule has 0 fully saturated rings. The van der Waals surface area contributed by atoms with Crippen molar-refractivity contribution in [2.24, 2.45) is 0 Å². The topological polar surface area (TPSA) is 31.6 Å². The Kier molecular flexibility index (Phi) is 2.59. The lowest BCUT2D eigenvalue weighted by Gasteiger charge is -2.10. The van der Waals surface area contributed by atoms with Crippen LogP contribution in [0, 0.1) is 4.77 Å². The highest BCUT2D eigenvalue weighted by Crippen LogP contribution is 2.35. The number of aromatic amines is 2. The van der Waals surface area contributed by atoms with Crippen LogP contribution in [0.5, 0.6) is 0 Å². The Hall–Kier alpha value is -1.56. The maximum absolute atomic E-state index is 12.7. The predicted octanol–water partition coefficient (Wildman–Crippen LogP) is 3.76. The summed E-state index contributed by atoms with van der Waals surface area (Å²) in [6, 6.07) is 5.35. The second-order valence-corrected chi connectivity index (χ2v) is 3.61. The molecule has 0 bridgehead atoms. The van der Waals surface area contributed by atoms with Crippen molar-refractivity contribution in [2.75, 3.05) is 0 Å². The quantitative estimate of drug-likeness (QED) is 0.735. The molecule has 0 saturated carbocycles. The van der Waals surface area contributed by atoms with E-state index in [-0.39, 0.29) is 5.56 Å². The molecular formula is C10H7F3N2S. The minimum absolute atomic E-state index is 0.0855. The third-order valence-electron chi connectivity index (χ3n) is 2.12. The van der Waals surface area contributed by atoms with Crippen LogP contribution in [0.3, 0.4) is 0 Å². The molecule has 0 spiro atoms. The Labute approximate surface area is 94.1 Å². The van der Waals surface area contributed by atoms with E-state index < -0.39 is 11.7 Å². The van der Waals surface area contributed by atoms with E-state index in [1.807, 2.05) is 0 Å². The van der Waals surface area contributed by atoms with Crippen LogP contribution < -0.4 is 0 Å². The van der Waals surface area contributed by atoms with Gasteiger partial charge in [0.25, 0.3) is 0 Å². The van der Waals surface area contributed by atoms with Crippen LogP contribution in [0.15, 0.2) is 30.5 Å². The largest absolute Gasteiger partial charge is 0.417 e. The lowest BCUT2D eigenvalue weighted by molar-refractivity contribution is -0.137. The van der Waals surface area contributed by atoms with Crippen molar-refractivity contribution in [2.45, 2.75) is 6.18 Å². The summed E-state index contributed by atoms with van der Waals surface area (Å²) in [6.07, 6.45) is -2.95. The normalized spacial score (nSPS) is 11.7. The van der Waals surface area contributed by atoms with Gasteiger partial charge in [-0.2, -0.15) is 13.2 Å². The molecule has 0 aliphatic rings. The number of hydrogen-bond acceptors (Lipinski definition) is 1. The zero-order valence-electron chi connectivity index (χ0n) is 7.93. The first-order valence-electron chi connectivity index (χ1n) is 4.43. The van der Waals surface area contributed by atoms with Gasteiger partial charge in [-0.15, -0.1) is 0 Å². The Morgan fingerprint density at radius 3 is 2.38 bits per heavy atom. The summed E-state index contributed by atoms with van der Waals surface area (Å²) in [7, 11) is 0. The first-order valence-corrected chi connectivity index (χ1v) is 4.83. The van der Waals surface area contributed by atoms with Crippen LogP contribution in [0.2, 0.25) is 0 Å². The van der Waals surface area contributed by atoms with E-state index >= 15 is 0 Å².